The number of aromatic nitrogens is 1. The molecule has 0 spiro atoms. The van der Waals surface area contributed by atoms with Gasteiger partial charge in [-0.05, 0) is 30.3 Å². The Balaban J connectivity index is 2.08. The van der Waals surface area contributed by atoms with Gasteiger partial charge in [-0.25, -0.2) is 4.98 Å². The molecule has 0 atom stereocenters. The van der Waals surface area contributed by atoms with E-state index in [1.165, 1.54) is 0 Å². The van der Waals surface area contributed by atoms with Crippen molar-refractivity contribution in [2.75, 3.05) is 0 Å². The van der Waals surface area contributed by atoms with E-state index in [-0.39, 0.29) is 0 Å². The van der Waals surface area contributed by atoms with Gasteiger partial charge < -0.3 is 4.42 Å². The first kappa shape index (κ1) is 11.2. The first-order valence-corrected chi connectivity index (χ1v) is 6.87. The van der Waals surface area contributed by atoms with Crippen molar-refractivity contribution in [1.29, 1.82) is 5.26 Å². The van der Waals surface area contributed by atoms with Gasteiger partial charge in [0.05, 0.1) is 15.8 Å². The van der Waals surface area contributed by atoms with E-state index in [0.717, 1.165) is 26.2 Å². The molecule has 0 amide bonds. The smallest absolute Gasteiger partial charge is 0.215 e. The zero-order valence-corrected chi connectivity index (χ0v) is 11.1. The molecule has 0 aliphatic rings. The Morgan fingerprint density at radius 3 is 3.00 bits per heavy atom. The lowest BCUT2D eigenvalue weighted by Crippen LogP contribution is -1.77. The van der Waals surface area contributed by atoms with Crippen molar-refractivity contribution in [3.63, 3.8) is 0 Å². The Morgan fingerprint density at radius 1 is 1.25 bits per heavy atom. The molecule has 0 fully saturated rings. The fourth-order valence-electron chi connectivity index (χ4n) is 2.25. The number of hydrogen-bond donors (Lipinski definition) is 0. The highest BCUT2D eigenvalue weighted by Gasteiger charge is 2.18. The third-order valence-corrected chi connectivity index (χ3v) is 4.20. The molecule has 0 unspecified atom stereocenters. The normalized spacial score (nSPS) is 10.9. The van der Waals surface area contributed by atoms with Gasteiger partial charge >= 0.3 is 0 Å². The predicted molar refractivity (Wildman–Crippen MR) is 78.4 cm³/mol. The van der Waals surface area contributed by atoms with Crippen LogP contribution in [0.4, 0.5) is 0 Å². The first-order valence-electron chi connectivity index (χ1n) is 6.05. The van der Waals surface area contributed by atoms with Crippen LogP contribution in [0.2, 0.25) is 0 Å². The van der Waals surface area contributed by atoms with Crippen LogP contribution in [-0.4, -0.2) is 4.98 Å². The molecule has 20 heavy (non-hydrogen) atoms. The molecule has 4 aromatic rings. The maximum atomic E-state index is 9.28. The summed E-state index contributed by atoms with van der Waals surface area (Å²) in [5.41, 5.74) is 2.39. The maximum Gasteiger partial charge on any atom is 0.215 e. The molecule has 0 bridgehead atoms. The fourth-order valence-corrected chi connectivity index (χ4v) is 3.28. The van der Waals surface area contributed by atoms with Gasteiger partial charge in [0.2, 0.25) is 5.76 Å². The average molecular weight is 275 g/mol. The molecule has 2 heterocycles. The summed E-state index contributed by atoms with van der Waals surface area (Å²) in [6.07, 6.45) is 0. The molecule has 0 saturated carbocycles. The minimum atomic E-state index is 0.304. The van der Waals surface area contributed by atoms with Crippen LogP contribution in [0.5, 0.6) is 0 Å². The van der Waals surface area contributed by atoms with Gasteiger partial charge in [0.25, 0.3) is 0 Å². The van der Waals surface area contributed by atoms with Gasteiger partial charge in [-0.2, -0.15) is 5.26 Å². The van der Waals surface area contributed by atoms with Crippen molar-refractivity contribution in [3.8, 4) is 16.6 Å². The Morgan fingerprint density at radius 2 is 2.15 bits per heavy atom. The highest BCUT2D eigenvalue weighted by molar-refractivity contribution is 7.21. The van der Waals surface area contributed by atoms with Crippen molar-refractivity contribution >= 4 is 32.5 Å². The molecular formula is C16H7N2OS. The molecular weight excluding hydrogens is 268 g/mol. The Bertz CT molecular complexity index is 942. The molecule has 0 N–H and O–H groups in total. The van der Waals surface area contributed by atoms with Gasteiger partial charge in [-0.3, -0.25) is 0 Å². The summed E-state index contributed by atoms with van der Waals surface area (Å²) in [6, 6.07) is 18.5. The number of fused-ring (bicyclic) bond motifs is 2. The Labute approximate surface area is 118 Å². The Kier molecular flexibility index (Phi) is 2.35. The quantitative estimate of drug-likeness (QED) is 0.518. The molecule has 93 valence electrons. The monoisotopic (exact) mass is 275 g/mol. The van der Waals surface area contributed by atoms with Crippen LogP contribution < -0.4 is 0 Å². The zero-order chi connectivity index (χ0) is 13.5. The minimum absolute atomic E-state index is 0.304. The third-order valence-electron chi connectivity index (χ3n) is 3.14. The number of nitriles is 1. The van der Waals surface area contributed by atoms with E-state index in [9.17, 15) is 5.26 Å². The number of benzene rings is 2. The summed E-state index contributed by atoms with van der Waals surface area (Å²) < 4.78 is 6.68. The lowest BCUT2D eigenvalue weighted by atomic mass is 10.1. The molecule has 2 aromatic heterocycles. The number of rotatable bonds is 1. The topological polar surface area (TPSA) is 49.8 Å². The second kappa shape index (κ2) is 4.19. The van der Waals surface area contributed by atoms with Gasteiger partial charge in [0.15, 0.2) is 0 Å². The molecule has 0 aliphatic heterocycles. The summed E-state index contributed by atoms with van der Waals surface area (Å²) >= 11 is 1.56. The largest absolute Gasteiger partial charge is 0.445 e. The van der Waals surface area contributed by atoms with Crippen LogP contribution in [0, 0.1) is 17.4 Å². The lowest BCUT2D eigenvalue weighted by molar-refractivity contribution is 0.600. The third kappa shape index (κ3) is 1.54. The number of nitrogens with zero attached hydrogens (tertiary/aromatic N) is 2. The van der Waals surface area contributed by atoms with E-state index in [1.54, 1.807) is 17.4 Å². The van der Waals surface area contributed by atoms with Crippen molar-refractivity contribution < 1.29 is 4.42 Å². The molecule has 1 radical (unpaired) electrons. The standard InChI is InChI=1S/C16H7N2OS/c17-9-13-15(10-5-1-3-7-12(10)19-13)16-18-11-6-2-4-8-14(11)20-16/h2-8H. The van der Waals surface area contributed by atoms with E-state index in [2.05, 4.69) is 17.1 Å². The molecule has 0 saturated heterocycles. The zero-order valence-electron chi connectivity index (χ0n) is 10.3. The number of furan rings is 1. The fraction of sp³-hybridized carbons (Fsp3) is 0. The van der Waals surface area contributed by atoms with Gasteiger partial charge in [-0.15, -0.1) is 11.3 Å². The average Bonchev–Trinajstić information content (AvgIpc) is 3.07. The van der Waals surface area contributed by atoms with Gasteiger partial charge in [0.1, 0.15) is 16.7 Å². The van der Waals surface area contributed by atoms with Crippen LogP contribution in [0.15, 0.2) is 46.9 Å². The van der Waals surface area contributed by atoms with Crippen LogP contribution in [0.1, 0.15) is 5.76 Å². The van der Waals surface area contributed by atoms with E-state index in [1.807, 2.05) is 36.4 Å². The summed E-state index contributed by atoms with van der Waals surface area (Å²) in [5, 5.41) is 11.0. The van der Waals surface area contributed by atoms with Crippen LogP contribution in [0.3, 0.4) is 0 Å². The van der Waals surface area contributed by atoms with Gasteiger partial charge in [-0.1, -0.05) is 18.2 Å². The molecule has 4 heteroatoms. The summed E-state index contributed by atoms with van der Waals surface area (Å²) in [4.78, 5) is 4.61. The molecule has 4 rings (SSSR count). The van der Waals surface area contributed by atoms with Crippen molar-refractivity contribution in [1.82, 2.24) is 4.98 Å². The summed E-state index contributed by atoms with van der Waals surface area (Å²) in [5.74, 6) is 0.304. The van der Waals surface area contributed by atoms with Crippen LogP contribution in [-0.2, 0) is 0 Å². The Hall–Kier alpha value is -2.64. The van der Waals surface area contributed by atoms with Crippen molar-refractivity contribution in [2.45, 2.75) is 0 Å². The molecule has 2 aromatic carbocycles. The maximum absolute atomic E-state index is 9.28. The number of hydrogen-bond acceptors (Lipinski definition) is 4. The molecule has 3 nitrogen and oxygen atoms in total. The predicted octanol–water partition coefficient (Wildman–Crippen LogP) is 4.38. The summed E-state index contributed by atoms with van der Waals surface area (Å²) in [7, 11) is 0. The second-order valence-electron chi connectivity index (χ2n) is 4.33. The van der Waals surface area contributed by atoms with E-state index >= 15 is 0 Å². The molecule has 0 aliphatic carbocycles. The van der Waals surface area contributed by atoms with Crippen molar-refractivity contribution in [3.05, 3.63) is 54.3 Å². The van der Waals surface area contributed by atoms with Crippen LogP contribution in [0.25, 0.3) is 31.8 Å². The second-order valence-corrected chi connectivity index (χ2v) is 5.36. The highest BCUT2D eigenvalue weighted by atomic mass is 32.1. The number of para-hydroxylation sites is 1. The lowest BCUT2D eigenvalue weighted by Gasteiger charge is -1.91. The van der Waals surface area contributed by atoms with E-state index < -0.39 is 0 Å². The van der Waals surface area contributed by atoms with Gasteiger partial charge in [0, 0.05) is 5.39 Å². The number of thiazole rings is 1. The van der Waals surface area contributed by atoms with E-state index in [4.69, 9.17) is 4.42 Å². The van der Waals surface area contributed by atoms with Crippen molar-refractivity contribution in [2.24, 2.45) is 0 Å². The summed E-state index contributed by atoms with van der Waals surface area (Å²) in [6.45, 7) is 0. The van der Waals surface area contributed by atoms with Crippen LogP contribution >= 0.6 is 11.3 Å². The SMILES string of the molecule is N#Cc1oc2cc[c]cc2c1-c1nc2ccccc2s1. The van der Waals surface area contributed by atoms with E-state index in [0.29, 0.717) is 11.3 Å². The minimum Gasteiger partial charge on any atom is -0.445 e. The first-order chi connectivity index (χ1) is 9.86. The highest BCUT2D eigenvalue weighted by Crippen LogP contribution is 2.38.